The number of carbonyl (C=O) groups excluding carboxylic acids is 1. The Labute approximate surface area is 129 Å². The fourth-order valence-electron chi connectivity index (χ4n) is 2.77. The van der Waals surface area contributed by atoms with E-state index in [9.17, 15) is 4.79 Å². The lowest BCUT2D eigenvalue weighted by Crippen LogP contribution is -2.39. The standard InChI is InChI=1S/C14H21ClN2O2S/c1-4-14(5-2)6-8-17(9-7-14)13-16-11(15)10(20-13)12(18)19-3/h4-9H2,1-3H3. The quantitative estimate of drug-likeness (QED) is 0.788. The minimum Gasteiger partial charge on any atom is -0.465 e. The molecular formula is C14H21ClN2O2S. The highest BCUT2D eigenvalue weighted by atomic mass is 35.5. The Kier molecular flexibility index (Phi) is 4.91. The van der Waals surface area contributed by atoms with E-state index >= 15 is 0 Å². The summed E-state index contributed by atoms with van der Waals surface area (Å²) in [5.74, 6) is -0.410. The van der Waals surface area contributed by atoms with Gasteiger partial charge in [0.2, 0.25) is 0 Å². The molecule has 4 nitrogen and oxygen atoms in total. The number of aromatic nitrogens is 1. The van der Waals surface area contributed by atoms with Crippen molar-refractivity contribution in [1.82, 2.24) is 4.98 Å². The summed E-state index contributed by atoms with van der Waals surface area (Å²) in [4.78, 5) is 18.5. The number of thiazole rings is 1. The van der Waals surface area contributed by atoms with Gasteiger partial charge in [-0.05, 0) is 18.3 Å². The van der Waals surface area contributed by atoms with E-state index in [0.29, 0.717) is 10.3 Å². The molecule has 1 saturated heterocycles. The maximum atomic E-state index is 11.6. The Morgan fingerprint density at radius 1 is 1.40 bits per heavy atom. The van der Waals surface area contributed by atoms with Crippen molar-refractivity contribution >= 4 is 34.0 Å². The predicted octanol–water partition coefficient (Wildman–Crippen LogP) is 3.99. The normalized spacial score (nSPS) is 18.1. The molecule has 2 rings (SSSR count). The van der Waals surface area contributed by atoms with Crippen molar-refractivity contribution in [3.63, 3.8) is 0 Å². The van der Waals surface area contributed by atoms with Gasteiger partial charge in [-0.25, -0.2) is 9.78 Å². The predicted molar refractivity (Wildman–Crippen MR) is 82.9 cm³/mol. The van der Waals surface area contributed by atoms with Gasteiger partial charge in [0.05, 0.1) is 7.11 Å². The molecule has 2 heterocycles. The number of rotatable bonds is 4. The Morgan fingerprint density at radius 2 is 2.00 bits per heavy atom. The van der Waals surface area contributed by atoms with Crippen LogP contribution in [0.3, 0.4) is 0 Å². The molecule has 1 aliphatic heterocycles. The van der Waals surface area contributed by atoms with Crippen LogP contribution in [0.1, 0.15) is 49.2 Å². The van der Waals surface area contributed by atoms with Gasteiger partial charge in [0.25, 0.3) is 0 Å². The van der Waals surface area contributed by atoms with Crippen molar-refractivity contribution in [2.45, 2.75) is 39.5 Å². The van der Waals surface area contributed by atoms with Gasteiger partial charge in [-0.15, -0.1) is 0 Å². The van der Waals surface area contributed by atoms with Crippen LogP contribution < -0.4 is 4.90 Å². The van der Waals surface area contributed by atoms with Gasteiger partial charge in [-0.3, -0.25) is 0 Å². The first-order valence-electron chi connectivity index (χ1n) is 7.05. The number of anilines is 1. The van der Waals surface area contributed by atoms with Crippen LogP contribution in [0.25, 0.3) is 0 Å². The van der Waals surface area contributed by atoms with Crippen molar-refractivity contribution in [2.75, 3.05) is 25.1 Å². The molecule has 1 aromatic rings. The van der Waals surface area contributed by atoms with Crippen molar-refractivity contribution in [3.8, 4) is 0 Å². The van der Waals surface area contributed by atoms with Gasteiger partial charge in [0, 0.05) is 13.1 Å². The summed E-state index contributed by atoms with van der Waals surface area (Å²) in [5, 5.41) is 1.08. The summed E-state index contributed by atoms with van der Waals surface area (Å²) in [5.41, 5.74) is 0.475. The van der Waals surface area contributed by atoms with Crippen LogP contribution in [0.4, 0.5) is 5.13 Å². The molecule has 6 heteroatoms. The van der Waals surface area contributed by atoms with Crippen LogP contribution >= 0.6 is 22.9 Å². The van der Waals surface area contributed by atoms with Gasteiger partial charge in [-0.2, -0.15) is 0 Å². The fraction of sp³-hybridized carbons (Fsp3) is 0.714. The third-order valence-corrected chi connectivity index (χ3v) is 6.02. The second-order valence-corrected chi connectivity index (χ2v) is 6.64. The number of nitrogens with zero attached hydrogens (tertiary/aromatic N) is 2. The molecule has 0 aliphatic carbocycles. The molecular weight excluding hydrogens is 296 g/mol. The third kappa shape index (κ3) is 2.93. The average Bonchev–Trinajstić information content (AvgIpc) is 2.88. The highest BCUT2D eigenvalue weighted by Crippen LogP contribution is 2.40. The van der Waals surface area contributed by atoms with E-state index < -0.39 is 5.97 Å². The third-order valence-electron chi connectivity index (χ3n) is 4.54. The zero-order valence-electron chi connectivity index (χ0n) is 12.2. The van der Waals surface area contributed by atoms with Crippen molar-refractivity contribution in [3.05, 3.63) is 10.0 Å². The van der Waals surface area contributed by atoms with E-state index in [2.05, 4.69) is 23.7 Å². The molecule has 0 radical (unpaired) electrons. The number of hydrogen-bond acceptors (Lipinski definition) is 5. The van der Waals surface area contributed by atoms with Crippen LogP contribution in [0, 0.1) is 5.41 Å². The van der Waals surface area contributed by atoms with E-state index in [1.165, 1.54) is 44.1 Å². The maximum absolute atomic E-state index is 11.6. The number of halogens is 1. The smallest absolute Gasteiger partial charge is 0.351 e. The number of piperidine rings is 1. The number of esters is 1. The van der Waals surface area contributed by atoms with Gasteiger partial charge in [0.15, 0.2) is 15.2 Å². The summed E-state index contributed by atoms with van der Waals surface area (Å²) in [6.07, 6.45) is 4.79. The minimum atomic E-state index is -0.410. The van der Waals surface area contributed by atoms with Crippen LogP contribution in [-0.2, 0) is 4.74 Å². The molecule has 0 saturated carbocycles. The lowest BCUT2D eigenvalue weighted by Gasteiger charge is -2.40. The molecule has 0 unspecified atom stereocenters. The minimum absolute atomic E-state index is 0.250. The Bertz CT molecular complexity index is 476. The lowest BCUT2D eigenvalue weighted by atomic mass is 9.74. The van der Waals surface area contributed by atoms with E-state index in [1.807, 2.05) is 0 Å². The van der Waals surface area contributed by atoms with Gasteiger partial charge in [-0.1, -0.05) is 49.6 Å². The van der Waals surface area contributed by atoms with Gasteiger partial charge in [0.1, 0.15) is 0 Å². The summed E-state index contributed by atoms with van der Waals surface area (Å²) in [6, 6.07) is 0. The van der Waals surface area contributed by atoms with E-state index in [0.717, 1.165) is 18.2 Å². The van der Waals surface area contributed by atoms with Crippen LogP contribution in [0.2, 0.25) is 5.15 Å². The van der Waals surface area contributed by atoms with E-state index in [-0.39, 0.29) is 5.15 Å². The first-order chi connectivity index (χ1) is 9.55. The molecule has 0 N–H and O–H groups in total. The Hall–Kier alpha value is -0.810. The van der Waals surface area contributed by atoms with Gasteiger partial charge < -0.3 is 9.64 Å². The second-order valence-electron chi connectivity index (χ2n) is 5.30. The molecule has 1 aromatic heterocycles. The molecule has 0 amide bonds. The summed E-state index contributed by atoms with van der Waals surface area (Å²) >= 11 is 7.34. The highest BCUT2D eigenvalue weighted by molar-refractivity contribution is 7.18. The molecule has 1 aliphatic rings. The SMILES string of the molecule is CCC1(CC)CCN(c2nc(Cl)c(C(=O)OC)s2)CC1. The number of carbonyl (C=O) groups is 1. The number of methoxy groups -OCH3 is 1. The fourth-order valence-corrected chi connectivity index (χ4v) is 4.03. The molecule has 20 heavy (non-hydrogen) atoms. The Balaban J connectivity index is 2.09. The molecule has 112 valence electrons. The zero-order valence-corrected chi connectivity index (χ0v) is 13.8. The topological polar surface area (TPSA) is 42.4 Å². The van der Waals surface area contributed by atoms with Crippen LogP contribution in [0.5, 0.6) is 0 Å². The summed E-state index contributed by atoms with van der Waals surface area (Å²) in [6.45, 7) is 6.50. The van der Waals surface area contributed by atoms with Crippen LogP contribution in [0.15, 0.2) is 0 Å². The van der Waals surface area contributed by atoms with Crippen molar-refractivity contribution in [2.24, 2.45) is 5.41 Å². The lowest BCUT2D eigenvalue weighted by molar-refractivity contribution is 0.0606. The second kappa shape index (κ2) is 6.31. The Morgan fingerprint density at radius 3 is 2.50 bits per heavy atom. The monoisotopic (exact) mass is 316 g/mol. The zero-order chi connectivity index (χ0) is 14.8. The first-order valence-corrected chi connectivity index (χ1v) is 8.24. The van der Waals surface area contributed by atoms with E-state index in [1.54, 1.807) is 0 Å². The molecule has 0 spiro atoms. The van der Waals surface area contributed by atoms with Crippen molar-refractivity contribution < 1.29 is 9.53 Å². The summed E-state index contributed by atoms with van der Waals surface area (Å²) in [7, 11) is 1.36. The van der Waals surface area contributed by atoms with Gasteiger partial charge >= 0.3 is 5.97 Å². The molecule has 1 fully saturated rings. The number of ether oxygens (including phenoxy) is 1. The maximum Gasteiger partial charge on any atom is 0.351 e. The largest absolute Gasteiger partial charge is 0.465 e. The average molecular weight is 317 g/mol. The van der Waals surface area contributed by atoms with Crippen LogP contribution in [-0.4, -0.2) is 31.2 Å². The summed E-state index contributed by atoms with van der Waals surface area (Å²) < 4.78 is 4.71. The molecule has 0 aromatic carbocycles. The first kappa shape index (κ1) is 15.6. The molecule has 0 bridgehead atoms. The molecule has 0 atom stereocenters. The highest BCUT2D eigenvalue weighted by Gasteiger charge is 2.32. The number of hydrogen-bond donors (Lipinski definition) is 0. The van der Waals surface area contributed by atoms with Crippen molar-refractivity contribution in [1.29, 1.82) is 0 Å². The van der Waals surface area contributed by atoms with E-state index in [4.69, 9.17) is 16.3 Å².